The minimum atomic E-state index is 0.0455. The Kier molecular flexibility index (Phi) is 5.69. The number of allylic oxidation sites excluding steroid dienone is 6. The van der Waals surface area contributed by atoms with Crippen molar-refractivity contribution in [1.82, 2.24) is 0 Å². The molecule has 0 aromatic heterocycles. The lowest BCUT2D eigenvalue weighted by Crippen LogP contribution is -2.21. The van der Waals surface area contributed by atoms with Gasteiger partial charge >= 0.3 is 0 Å². The molecule has 0 aliphatic heterocycles. The molecule has 0 saturated heterocycles. The van der Waals surface area contributed by atoms with E-state index in [0.717, 1.165) is 35.1 Å². The summed E-state index contributed by atoms with van der Waals surface area (Å²) in [7, 11) is 0. The lowest BCUT2D eigenvalue weighted by Gasteiger charge is -2.27. The third kappa shape index (κ3) is 5.76. The van der Waals surface area contributed by atoms with Gasteiger partial charge in [-0.2, -0.15) is 0 Å². The number of hydrogen-bond donors (Lipinski definition) is 0. The lowest BCUT2D eigenvalue weighted by molar-refractivity contribution is -0.117. The van der Waals surface area contributed by atoms with Gasteiger partial charge in [-0.15, -0.1) is 0 Å². The van der Waals surface area contributed by atoms with E-state index < -0.39 is 0 Å². The van der Waals surface area contributed by atoms with E-state index in [2.05, 4.69) is 76.3 Å². The maximum absolute atomic E-state index is 11.9. The average molecular weight is 375 g/mol. The van der Waals surface area contributed by atoms with E-state index in [9.17, 15) is 9.59 Å². The summed E-state index contributed by atoms with van der Waals surface area (Å²) in [4.78, 5) is 23.7. The zero-order chi connectivity index (χ0) is 20.4. The number of ketones is 2. The van der Waals surface area contributed by atoms with Crippen LogP contribution in [-0.4, -0.2) is 11.6 Å². The van der Waals surface area contributed by atoms with Crippen LogP contribution in [-0.2, 0) is 9.59 Å². The molecule has 1 aromatic rings. The highest BCUT2D eigenvalue weighted by Gasteiger charge is 2.27. The van der Waals surface area contributed by atoms with E-state index >= 15 is 0 Å². The molecule has 0 spiro atoms. The van der Waals surface area contributed by atoms with E-state index in [-0.39, 0.29) is 22.4 Å². The number of rotatable bonds is 4. The Labute approximate surface area is 168 Å². The first-order valence-corrected chi connectivity index (χ1v) is 10.0. The molecule has 0 radical (unpaired) electrons. The van der Waals surface area contributed by atoms with Crippen molar-refractivity contribution in [2.75, 3.05) is 0 Å². The Balaban J connectivity index is 1.66. The summed E-state index contributed by atoms with van der Waals surface area (Å²) in [6.07, 6.45) is 14.9. The minimum absolute atomic E-state index is 0.0455. The van der Waals surface area contributed by atoms with Gasteiger partial charge in [-0.05, 0) is 58.1 Å². The second-order valence-electron chi connectivity index (χ2n) is 9.74. The third-order valence-corrected chi connectivity index (χ3v) is 5.28. The molecule has 2 aliphatic carbocycles. The van der Waals surface area contributed by atoms with Gasteiger partial charge in [-0.25, -0.2) is 0 Å². The normalized spacial score (nSPS) is 21.9. The molecular weight excluding hydrogens is 344 g/mol. The molecule has 0 unspecified atom stereocenters. The van der Waals surface area contributed by atoms with Gasteiger partial charge in [0.2, 0.25) is 0 Å². The fourth-order valence-corrected chi connectivity index (χ4v) is 4.13. The first-order valence-electron chi connectivity index (χ1n) is 10.0. The molecule has 0 amide bonds. The molecule has 0 fully saturated rings. The number of carbonyl (C=O) groups is 2. The van der Waals surface area contributed by atoms with E-state index in [4.69, 9.17) is 0 Å². The quantitative estimate of drug-likeness (QED) is 0.616. The van der Waals surface area contributed by atoms with E-state index in [1.165, 1.54) is 0 Å². The Morgan fingerprint density at radius 1 is 0.607 bits per heavy atom. The fourth-order valence-electron chi connectivity index (χ4n) is 4.13. The second-order valence-corrected chi connectivity index (χ2v) is 9.74. The number of benzene rings is 1. The van der Waals surface area contributed by atoms with Crippen LogP contribution in [0.15, 0.2) is 59.7 Å². The van der Waals surface area contributed by atoms with Crippen molar-refractivity contribution in [3.63, 3.8) is 0 Å². The SMILES string of the molecule is CC1(C)CC(=O)C=C(/C=C/c2ccc(/C=C/C3=CC(=O)CC(C)(C)C3)cc2)C1. The fraction of sp³-hybridized carbons (Fsp3) is 0.385. The average Bonchev–Trinajstić information content (AvgIpc) is 2.55. The first kappa shape index (κ1) is 20.3. The number of carbonyl (C=O) groups excluding carboxylic acids is 2. The minimum Gasteiger partial charge on any atom is -0.295 e. The summed E-state index contributed by atoms with van der Waals surface area (Å²) in [5, 5.41) is 0. The molecule has 146 valence electrons. The van der Waals surface area contributed by atoms with Gasteiger partial charge in [0.25, 0.3) is 0 Å². The van der Waals surface area contributed by atoms with Crippen LogP contribution >= 0.6 is 0 Å². The summed E-state index contributed by atoms with van der Waals surface area (Å²) in [6.45, 7) is 8.57. The summed E-state index contributed by atoms with van der Waals surface area (Å²) in [5.74, 6) is 0.435. The Bertz CT molecular complexity index is 812. The summed E-state index contributed by atoms with van der Waals surface area (Å²) >= 11 is 0. The maximum atomic E-state index is 11.9. The van der Waals surface area contributed by atoms with E-state index in [0.29, 0.717) is 12.8 Å². The van der Waals surface area contributed by atoms with Crippen LogP contribution in [0.25, 0.3) is 12.2 Å². The molecule has 0 heterocycles. The molecule has 1 aromatic carbocycles. The second kappa shape index (κ2) is 7.87. The van der Waals surface area contributed by atoms with Crippen LogP contribution in [0.5, 0.6) is 0 Å². The molecular formula is C26H30O2. The van der Waals surface area contributed by atoms with Crippen molar-refractivity contribution in [3.8, 4) is 0 Å². The van der Waals surface area contributed by atoms with Gasteiger partial charge in [0.15, 0.2) is 11.6 Å². The van der Waals surface area contributed by atoms with E-state index in [1.807, 2.05) is 0 Å². The molecule has 3 rings (SSSR count). The van der Waals surface area contributed by atoms with Crippen molar-refractivity contribution in [1.29, 1.82) is 0 Å². The summed E-state index contributed by atoms with van der Waals surface area (Å²) in [5.41, 5.74) is 4.51. The van der Waals surface area contributed by atoms with Crippen molar-refractivity contribution in [3.05, 3.63) is 70.8 Å². The van der Waals surface area contributed by atoms with Crippen molar-refractivity contribution < 1.29 is 9.59 Å². The molecule has 0 bridgehead atoms. The highest BCUT2D eigenvalue weighted by atomic mass is 16.1. The van der Waals surface area contributed by atoms with Crippen molar-refractivity contribution in [2.24, 2.45) is 10.8 Å². The predicted molar refractivity (Wildman–Crippen MR) is 117 cm³/mol. The van der Waals surface area contributed by atoms with Gasteiger partial charge < -0.3 is 0 Å². The molecule has 0 atom stereocenters. The Morgan fingerprint density at radius 2 is 0.964 bits per heavy atom. The Hall–Kier alpha value is -2.48. The summed E-state index contributed by atoms with van der Waals surface area (Å²) < 4.78 is 0. The zero-order valence-corrected chi connectivity index (χ0v) is 17.4. The lowest BCUT2D eigenvalue weighted by atomic mass is 9.76. The molecule has 2 nitrogen and oxygen atoms in total. The zero-order valence-electron chi connectivity index (χ0n) is 17.4. The van der Waals surface area contributed by atoms with E-state index in [1.54, 1.807) is 12.2 Å². The third-order valence-electron chi connectivity index (χ3n) is 5.28. The van der Waals surface area contributed by atoms with Crippen molar-refractivity contribution in [2.45, 2.75) is 53.4 Å². The number of hydrogen-bond acceptors (Lipinski definition) is 2. The molecule has 0 saturated carbocycles. The largest absolute Gasteiger partial charge is 0.295 e. The first-order chi connectivity index (χ1) is 13.1. The van der Waals surface area contributed by atoms with Crippen LogP contribution in [0, 0.1) is 10.8 Å². The highest BCUT2D eigenvalue weighted by Crippen LogP contribution is 2.35. The maximum Gasteiger partial charge on any atom is 0.156 e. The smallest absolute Gasteiger partial charge is 0.156 e. The van der Waals surface area contributed by atoms with Crippen LogP contribution in [0.3, 0.4) is 0 Å². The van der Waals surface area contributed by atoms with Crippen LogP contribution in [0.1, 0.15) is 64.5 Å². The Morgan fingerprint density at radius 3 is 1.29 bits per heavy atom. The molecule has 0 N–H and O–H groups in total. The molecule has 28 heavy (non-hydrogen) atoms. The van der Waals surface area contributed by atoms with Gasteiger partial charge in [0.1, 0.15) is 0 Å². The molecule has 2 heteroatoms. The molecule has 2 aliphatic rings. The topological polar surface area (TPSA) is 34.1 Å². The monoisotopic (exact) mass is 374 g/mol. The van der Waals surface area contributed by atoms with Gasteiger partial charge in [-0.3, -0.25) is 9.59 Å². The highest BCUT2D eigenvalue weighted by molar-refractivity contribution is 5.93. The van der Waals surface area contributed by atoms with Crippen molar-refractivity contribution >= 4 is 23.7 Å². The standard InChI is InChI=1S/C26H30O2/c1-25(2)15-21(13-23(27)17-25)11-9-19-5-7-20(8-6-19)10-12-22-14-24(28)18-26(3,4)16-22/h5-14H,15-18H2,1-4H3/b11-9+,12-10+. The van der Waals surface area contributed by atoms with Crippen LogP contribution in [0.2, 0.25) is 0 Å². The summed E-state index contributed by atoms with van der Waals surface area (Å²) in [6, 6.07) is 8.32. The van der Waals surface area contributed by atoms with Gasteiger partial charge in [0.05, 0.1) is 0 Å². The van der Waals surface area contributed by atoms with Gasteiger partial charge in [-0.1, -0.05) is 76.3 Å². The van der Waals surface area contributed by atoms with Gasteiger partial charge in [0, 0.05) is 12.8 Å². The van der Waals surface area contributed by atoms with Crippen LogP contribution < -0.4 is 0 Å². The predicted octanol–water partition coefficient (Wildman–Crippen LogP) is 6.34. The van der Waals surface area contributed by atoms with Crippen LogP contribution in [0.4, 0.5) is 0 Å².